The van der Waals surface area contributed by atoms with Crippen LogP contribution in [0, 0.1) is 6.92 Å². The van der Waals surface area contributed by atoms with E-state index in [9.17, 15) is 13.2 Å². The lowest BCUT2D eigenvalue weighted by Crippen LogP contribution is -2.10. The molecule has 9 heteroatoms. The quantitative estimate of drug-likeness (QED) is 0.451. The minimum Gasteiger partial charge on any atom is -0.377 e. The molecule has 0 saturated carbocycles. The summed E-state index contributed by atoms with van der Waals surface area (Å²) in [5.74, 6) is 0.255. The van der Waals surface area contributed by atoms with E-state index in [2.05, 4.69) is 10.2 Å². The highest BCUT2D eigenvalue weighted by Gasteiger charge is 2.18. The summed E-state index contributed by atoms with van der Waals surface area (Å²) in [6.07, 6.45) is 6.64. The molecule has 0 aliphatic heterocycles. The number of aryl methyl sites for hydroxylation is 1. The Labute approximate surface area is 172 Å². The van der Waals surface area contributed by atoms with Crippen molar-refractivity contribution in [2.24, 2.45) is 0 Å². The molecule has 30 heavy (non-hydrogen) atoms. The normalized spacial score (nSPS) is 11.2. The maximum atomic E-state index is 12.2. The topological polar surface area (TPSA) is 97.9 Å². The molecule has 1 aromatic carbocycles. The Balaban J connectivity index is 0.000000181. The maximum absolute atomic E-state index is 12.2. The minimum absolute atomic E-state index is 0.0451. The van der Waals surface area contributed by atoms with Gasteiger partial charge in [0.1, 0.15) is 15.9 Å². The van der Waals surface area contributed by atoms with E-state index in [4.69, 9.17) is 4.18 Å². The number of hydrogen-bond donors (Lipinski definition) is 1. The molecule has 0 atom stereocenters. The third-order valence-electron chi connectivity index (χ3n) is 4.36. The van der Waals surface area contributed by atoms with Crippen molar-refractivity contribution in [1.29, 1.82) is 0 Å². The molecule has 5 rings (SSSR count). The van der Waals surface area contributed by atoms with Crippen molar-refractivity contribution in [3.63, 3.8) is 0 Å². The van der Waals surface area contributed by atoms with Crippen LogP contribution in [0.4, 0.5) is 0 Å². The zero-order valence-electron chi connectivity index (χ0n) is 16.0. The number of nitrogens with zero attached hydrogens (tertiary/aromatic N) is 3. The summed E-state index contributed by atoms with van der Waals surface area (Å²) in [4.78, 5) is 11.1. The Morgan fingerprint density at radius 1 is 0.933 bits per heavy atom. The van der Waals surface area contributed by atoms with Crippen LogP contribution in [0.2, 0.25) is 0 Å². The van der Waals surface area contributed by atoms with E-state index in [1.165, 1.54) is 30.5 Å². The number of H-pyrrole nitrogens is 1. The van der Waals surface area contributed by atoms with Gasteiger partial charge >= 0.3 is 10.1 Å². The van der Waals surface area contributed by atoms with Crippen molar-refractivity contribution in [2.75, 3.05) is 0 Å². The Hall–Kier alpha value is -3.85. The average Bonchev–Trinajstić information content (AvgIpc) is 3.39. The van der Waals surface area contributed by atoms with E-state index in [0.29, 0.717) is 11.0 Å². The van der Waals surface area contributed by atoms with Crippen molar-refractivity contribution < 1.29 is 12.6 Å². The van der Waals surface area contributed by atoms with Gasteiger partial charge in [0.15, 0.2) is 5.75 Å². The van der Waals surface area contributed by atoms with Crippen LogP contribution in [-0.2, 0) is 10.1 Å². The van der Waals surface area contributed by atoms with Gasteiger partial charge in [0.2, 0.25) is 5.43 Å². The zero-order chi connectivity index (χ0) is 21.1. The lowest BCUT2D eigenvalue weighted by Gasteiger charge is -2.08. The second-order valence-electron chi connectivity index (χ2n) is 6.47. The van der Waals surface area contributed by atoms with Crippen molar-refractivity contribution in [3.8, 4) is 5.75 Å². The zero-order valence-corrected chi connectivity index (χ0v) is 16.8. The van der Waals surface area contributed by atoms with E-state index < -0.39 is 10.1 Å². The van der Waals surface area contributed by atoms with Crippen molar-refractivity contribution in [3.05, 3.63) is 101 Å². The number of rotatable bonds is 3. The Morgan fingerprint density at radius 3 is 2.43 bits per heavy atom. The lowest BCUT2D eigenvalue weighted by atomic mass is 10.2. The van der Waals surface area contributed by atoms with Crippen LogP contribution in [0.25, 0.3) is 11.0 Å². The van der Waals surface area contributed by atoms with E-state index in [-0.39, 0.29) is 16.1 Å². The smallest absolute Gasteiger partial charge is 0.339 e. The van der Waals surface area contributed by atoms with Crippen LogP contribution in [0.1, 0.15) is 5.56 Å². The van der Waals surface area contributed by atoms with Gasteiger partial charge in [-0.1, -0.05) is 17.7 Å². The molecule has 0 radical (unpaired) electrons. The van der Waals surface area contributed by atoms with Gasteiger partial charge < -0.3 is 9.28 Å². The van der Waals surface area contributed by atoms with Crippen LogP contribution in [0.15, 0.2) is 95.1 Å². The summed E-state index contributed by atoms with van der Waals surface area (Å²) in [5.41, 5.74) is 2.32. The molecule has 0 fully saturated rings. The van der Waals surface area contributed by atoms with Crippen LogP contribution in [0.5, 0.6) is 5.75 Å². The van der Waals surface area contributed by atoms with Crippen LogP contribution in [-0.4, -0.2) is 27.6 Å². The predicted molar refractivity (Wildman–Crippen MR) is 112 cm³/mol. The number of fused-ring (bicyclic) bond motifs is 2. The molecule has 0 spiro atoms. The first-order chi connectivity index (χ1) is 14.4. The standard InChI is InChI=1S/C14H12N2O3S.C7H6N2O/c1-11-4-6-12(7-5-11)20(17,18)19-14-8-9-15-16-10-2-3-13(14)16;10-7-3-4-8-9-5-1-2-6(7)9/h2-10H,1H3;1-5,8H. The molecule has 0 amide bonds. The Bertz CT molecular complexity index is 1460. The molecule has 0 aliphatic carbocycles. The molecule has 8 nitrogen and oxygen atoms in total. The Kier molecular flexibility index (Phi) is 5.11. The summed E-state index contributed by atoms with van der Waals surface area (Å²) in [6.45, 7) is 1.89. The van der Waals surface area contributed by atoms with E-state index in [1.54, 1.807) is 58.0 Å². The number of hydrogen-bond acceptors (Lipinski definition) is 5. The fourth-order valence-electron chi connectivity index (χ4n) is 2.84. The van der Waals surface area contributed by atoms with Gasteiger partial charge in [-0.2, -0.15) is 13.5 Å². The number of aromatic amines is 1. The predicted octanol–water partition coefficient (Wildman–Crippen LogP) is 3.04. The van der Waals surface area contributed by atoms with E-state index in [0.717, 1.165) is 5.56 Å². The second-order valence-corrected chi connectivity index (χ2v) is 8.02. The molecule has 5 aromatic rings. The van der Waals surface area contributed by atoms with Gasteiger partial charge in [0.05, 0.1) is 6.20 Å². The molecule has 0 unspecified atom stereocenters. The lowest BCUT2D eigenvalue weighted by molar-refractivity contribution is 0.486. The summed E-state index contributed by atoms with van der Waals surface area (Å²) in [5, 5.41) is 6.95. The SMILES string of the molecule is Cc1ccc(S(=O)(=O)Oc2ccnn3cccc23)cc1.O=c1cc[nH]n2cccc12. The maximum Gasteiger partial charge on any atom is 0.339 e. The molecule has 4 heterocycles. The van der Waals surface area contributed by atoms with Crippen LogP contribution >= 0.6 is 0 Å². The van der Waals surface area contributed by atoms with Gasteiger partial charge in [-0.15, -0.1) is 0 Å². The highest BCUT2D eigenvalue weighted by atomic mass is 32.2. The minimum atomic E-state index is -3.84. The molecular formula is C21H18N4O4S. The number of nitrogens with one attached hydrogen (secondary N) is 1. The monoisotopic (exact) mass is 422 g/mol. The van der Waals surface area contributed by atoms with Crippen molar-refractivity contribution >= 4 is 21.2 Å². The molecule has 1 N–H and O–H groups in total. The second kappa shape index (κ2) is 7.88. The van der Waals surface area contributed by atoms with Crippen LogP contribution < -0.4 is 9.61 Å². The highest BCUT2D eigenvalue weighted by molar-refractivity contribution is 7.87. The molecular weight excluding hydrogens is 404 g/mol. The van der Waals surface area contributed by atoms with E-state index >= 15 is 0 Å². The molecule has 0 bridgehead atoms. The highest BCUT2D eigenvalue weighted by Crippen LogP contribution is 2.23. The van der Waals surface area contributed by atoms with Crippen molar-refractivity contribution in [1.82, 2.24) is 19.2 Å². The van der Waals surface area contributed by atoms with Gasteiger partial charge in [-0.3, -0.25) is 9.31 Å². The average molecular weight is 422 g/mol. The summed E-state index contributed by atoms with van der Waals surface area (Å²) in [7, 11) is -3.84. The van der Waals surface area contributed by atoms with Gasteiger partial charge in [-0.25, -0.2) is 4.52 Å². The summed E-state index contributed by atoms with van der Waals surface area (Å²) in [6, 6.07) is 16.7. The first-order valence-corrected chi connectivity index (χ1v) is 10.4. The van der Waals surface area contributed by atoms with Crippen molar-refractivity contribution in [2.45, 2.75) is 11.8 Å². The fraction of sp³-hybridized carbons (Fsp3) is 0.0476. The summed E-state index contributed by atoms with van der Waals surface area (Å²) < 4.78 is 32.9. The Morgan fingerprint density at radius 2 is 1.67 bits per heavy atom. The largest absolute Gasteiger partial charge is 0.377 e. The first-order valence-electron chi connectivity index (χ1n) is 9.02. The first kappa shape index (κ1) is 19.5. The third kappa shape index (κ3) is 3.96. The summed E-state index contributed by atoms with van der Waals surface area (Å²) >= 11 is 0. The molecule has 0 saturated heterocycles. The molecule has 152 valence electrons. The molecule has 0 aliphatic rings. The number of benzene rings is 1. The van der Waals surface area contributed by atoms with Crippen LogP contribution in [0.3, 0.4) is 0 Å². The number of aromatic nitrogens is 4. The molecule has 4 aromatic heterocycles. The van der Waals surface area contributed by atoms with Gasteiger partial charge in [-0.05, 0) is 43.3 Å². The van der Waals surface area contributed by atoms with E-state index in [1.807, 2.05) is 13.0 Å². The van der Waals surface area contributed by atoms with Gasteiger partial charge in [0, 0.05) is 30.7 Å². The fourth-order valence-corrected chi connectivity index (χ4v) is 3.78. The van der Waals surface area contributed by atoms with Gasteiger partial charge in [0.25, 0.3) is 0 Å². The third-order valence-corrected chi connectivity index (χ3v) is 5.60.